The molecule has 0 aliphatic carbocycles. The Morgan fingerprint density at radius 2 is 1.25 bits per heavy atom. The van der Waals surface area contributed by atoms with Gasteiger partial charge in [0.2, 0.25) is 0 Å². The molecular weight excluding hydrogens is 450 g/mol. The van der Waals surface area contributed by atoms with E-state index in [1.165, 1.54) is 0 Å². The van der Waals surface area contributed by atoms with E-state index in [1.807, 2.05) is 30.3 Å². The van der Waals surface area contributed by atoms with E-state index in [-0.39, 0.29) is 0 Å². The van der Waals surface area contributed by atoms with Crippen LogP contribution < -0.4 is 4.90 Å². The molecule has 0 heterocycles. The minimum Gasteiger partial charge on any atom is -0.389 e. The summed E-state index contributed by atoms with van der Waals surface area (Å²) in [6.07, 6.45) is 0.195. The summed E-state index contributed by atoms with van der Waals surface area (Å²) in [4.78, 5) is 2.07. The maximum atomic E-state index is 10.5. The first-order valence-electron chi connectivity index (χ1n) is 10.8. The first-order chi connectivity index (χ1) is 15.4. The molecule has 9 nitrogen and oxygen atoms in total. The van der Waals surface area contributed by atoms with Gasteiger partial charge >= 0.3 is 17.6 Å². The standard InChI is InChI=1S/C21H41NO8Si2/c1-19(23)21(30-16-12-18-32(27-5,28-6)29-7)22(20-13-9-8-10-14-20)15-11-17-31(24-2,25-3)26-4/h8-10,13-14,19,21,23H,11-12,15-18H2,1-7H3. The average Bonchev–Trinajstić information content (AvgIpc) is 2.83. The Hall–Kier alpha value is -0.866. The van der Waals surface area contributed by atoms with Crippen LogP contribution in [-0.2, 0) is 31.3 Å². The molecule has 0 fully saturated rings. The van der Waals surface area contributed by atoms with Crippen molar-refractivity contribution >= 4 is 23.3 Å². The van der Waals surface area contributed by atoms with Gasteiger partial charge in [0.05, 0.1) is 6.10 Å². The van der Waals surface area contributed by atoms with Crippen molar-refractivity contribution in [3.8, 4) is 0 Å². The van der Waals surface area contributed by atoms with Gasteiger partial charge in [0.1, 0.15) is 0 Å². The first-order valence-corrected chi connectivity index (χ1v) is 14.6. The van der Waals surface area contributed by atoms with E-state index in [9.17, 15) is 5.11 Å². The summed E-state index contributed by atoms with van der Waals surface area (Å²) in [5.41, 5.74) is 0.965. The summed E-state index contributed by atoms with van der Waals surface area (Å²) in [6.45, 7) is 2.80. The third-order valence-electron chi connectivity index (χ3n) is 5.47. The van der Waals surface area contributed by atoms with Gasteiger partial charge in [-0.15, -0.1) is 0 Å². The maximum absolute atomic E-state index is 10.5. The number of para-hydroxylation sites is 1. The monoisotopic (exact) mass is 491 g/mol. The molecule has 1 aromatic carbocycles. The summed E-state index contributed by atoms with van der Waals surface area (Å²) >= 11 is 0. The quantitative estimate of drug-likeness (QED) is 0.189. The smallest absolute Gasteiger partial charge is 0.389 e. The van der Waals surface area contributed by atoms with Crippen molar-refractivity contribution in [3.63, 3.8) is 0 Å². The van der Waals surface area contributed by atoms with Gasteiger partial charge < -0.3 is 41.3 Å². The fraction of sp³-hybridized carbons (Fsp3) is 0.714. The third-order valence-corrected chi connectivity index (χ3v) is 11.1. The molecule has 0 bridgehead atoms. The fourth-order valence-corrected chi connectivity index (χ4v) is 6.98. The zero-order valence-corrected chi connectivity index (χ0v) is 22.5. The predicted octanol–water partition coefficient (Wildman–Crippen LogP) is 2.75. The highest BCUT2D eigenvalue weighted by Gasteiger charge is 2.38. The van der Waals surface area contributed by atoms with E-state index in [1.54, 1.807) is 49.6 Å². The van der Waals surface area contributed by atoms with Crippen LogP contribution in [0.2, 0.25) is 12.1 Å². The molecule has 11 heteroatoms. The molecule has 0 saturated carbocycles. The number of hydrogen-bond donors (Lipinski definition) is 1. The lowest BCUT2D eigenvalue weighted by atomic mass is 10.2. The molecule has 2 unspecified atom stereocenters. The average molecular weight is 492 g/mol. The lowest BCUT2D eigenvalue weighted by molar-refractivity contribution is -0.0313. The normalized spacial score (nSPS) is 14.4. The zero-order valence-electron chi connectivity index (χ0n) is 20.5. The third kappa shape index (κ3) is 8.48. The lowest BCUT2D eigenvalue weighted by Crippen LogP contribution is -2.47. The Labute approximate surface area is 195 Å². The molecule has 1 rings (SSSR count). The molecule has 0 radical (unpaired) electrons. The number of hydrogen-bond acceptors (Lipinski definition) is 9. The van der Waals surface area contributed by atoms with Crippen LogP contribution >= 0.6 is 0 Å². The van der Waals surface area contributed by atoms with Crippen LogP contribution in [0.25, 0.3) is 0 Å². The largest absolute Gasteiger partial charge is 0.500 e. The van der Waals surface area contributed by atoms with Gasteiger partial charge in [0, 0.05) is 73.6 Å². The fourth-order valence-electron chi connectivity index (χ4n) is 3.58. The summed E-state index contributed by atoms with van der Waals surface area (Å²) < 4.78 is 39.2. The first kappa shape index (κ1) is 29.2. The number of nitrogens with zero attached hydrogens (tertiary/aromatic N) is 1. The van der Waals surface area contributed by atoms with Crippen LogP contribution in [0.4, 0.5) is 5.69 Å². The maximum Gasteiger partial charge on any atom is 0.500 e. The highest BCUT2D eigenvalue weighted by molar-refractivity contribution is 6.60. The van der Waals surface area contributed by atoms with Gasteiger partial charge in [0.15, 0.2) is 6.23 Å². The molecule has 0 spiro atoms. The number of aliphatic hydroxyl groups is 1. The van der Waals surface area contributed by atoms with Gasteiger partial charge in [-0.3, -0.25) is 0 Å². The second-order valence-electron chi connectivity index (χ2n) is 7.33. The second-order valence-corrected chi connectivity index (χ2v) is 13.5. The number of benzene rings is 1. The molecule has 1 aromatic rings. The summed E-state index contributed by atoms with van der Waals surface area (Å²) in [6, 6.07) is 11.2. The predicted molar refractivity (Wildman–Crippen MR) is 128 cm³/mol. The topological polar surface area (TPSA) is 88.1 Å². The van der Waals surface area contributed by atoms with Crippen molar-refractivity contribution in [1.29, 1.82) is 0 Å². The molecule has 186 valence electrons. The van der Waals surface area contributed by atoms with Gasteiger partial charge in [0.25, 0.3) is 0 Å². The zero-order chi connectivity index (χ0) is 24.0. The van der Waals surface area contributed by atoms with E-state index in [2.05, 4.69) is 4.90 Å². The van der Waals surface area contributed by atoms with Crippen molar-refractivity contribution in [2.24, 2.45) is 0 Å². The molecule has 0 aromatic heterocycles. The van der Waals surface area contributed by atoms with E-state index in [0.717, 1.165) is 12.1 Å². The van der Waals surface area contributed by atoms with Gasteiger partial charge in [-0.25, -0.2) is 0 Å². The van der Waals surface area contributed by atoms with Crippen molar-refractivity contribution in [1.82, 2.24) is 0 Å². The van der Waals surface area contributed by atoms with Crippen LogP contribution in [0, 0.1) is 0 Å². The molecular formula is C21H41NO8Si2. The van der Waals surface area contributed by atoms with E-state index in [0.29, 0.717) is 31.7 Å². The van der Waals surface area contributed by atoms with Crippen molar-refractivity contribution in [3.05, 3.63) is 30.3 Å². The molecule has 0 aliphatic rings. The van der Waals surface area contributed by atoms with E-state index < -0.39 is 29.9 Å². The number of anilines is 1. The van der Waals surface area contributed by atoms with Crippen LogP contribution in [0.15, 0.2) is 30.3 Å². The highest BCUT2D eigenvalue weighted by Crippen LogP contribution is 2.23. The summed E-state index contributed by atoms with van der Waals surface area (Å²) in [5.74, 6) is 0. The highest BCUT2D eigenvalue weighted by atomic mass is 28.4. The summed E-state index contributed by atoms with van der Waals surface area (Å²) in [5, 5.41) is 10.5. The number of rotatable bonds is 18. The van der Waals surface area contributed by atoms with Crippen molar-refractivity contribution in [2.45, 2.75) is 44.2 Å². The number of aliphatic hydroxyl groups excluding tert-OH is 1. The Morgan fingerprint density at radius 1 is 0.781 bits per heavy atom. The lowest BCUT2D eigenvalue weighted by Gasteiger charge is -2.36. The second kappa shape index (κ2) is 15.1. The van der Waals surface area contributed by atoms with E-state index >= 15 is 0 Å². The van der Waals surface area contributed by atoms with Gasteiger partial charge in [-0.05, 0) is 31.9 Å². The van der Waals surface area contributed by atoms with Crippen LogP contribution in [0.3, 0.4) is 0 Å². The Bertz CT molecular complexity index is 586. The Kier molecular flexibility index (Phi) is 13.8. The molecule has 0 amide bonds. The van der Waals surface area contributed by atoms with Crippen LogP contribution in [0.5, 0.6) is 0 Å². The minimum absolute atomic E-state index is 0.427. The molecule has 1 N–H and O–H groups in total. The van der Waals surface area contributed by atoms with Crippen molar-refractivity contribution < 1.29 is 36.4 Å². The molecule has 0 aliphatic heterocycles. The van der Waals surface area contributed by atoms with E-state index in [4.69, 9.17) is 31.3 Å². The Balaban J connectivity index is 2.87. The minimum atomic E-state index is -2.68. The molecule has 2 atom stereocenters. The molecule has 32 heavy (non-hydrogen) atoms. The summed E-state index contributed by atoms with van der Waals surface area (Å²) in [7, 11) is 4.29. The van der Waals surface area contributed by atoms with Gasteiger partial charge in [-0.2, -0.15) is 0 Å². The van der Waals surface area contributed by atoms with Crippen LogP contribution in [-0.4, -0.2) is 90.9 Å². The Morgan fingerprint density at radius 3 is 1.69 bits per heavy atom. The van der Waals surface area contributed by atoms with Crippen molar-refractivity contribution in [2.75, 3.05) is 60.7 Å². The SMILES string of the molecule is CO[Si](CCCOC(C(C)O)N(CCC[Si](OC)(OC)OC)c1ccccc1)(OC)OC. The van der Waals surface area contributed by atoms with Gasteiger partial charge in [-0.1, -0.05) is 18.2 Å². The number of ether oxygens (including phenoxy) is 1. The molecule has 0 saturated heterocycles. The van der Waals surface area contributed by atoms with Crippen LogP contribution in [0.1, 0.15) is 19.8 Å².